The fourth-order valence-corrected chi connectivity index (χ4v) is 2.72. The zero-order chi connectivity index (χ0) is 13.2. The second-order valence-corrected chi connectivity index (χ2v) is 5.09. The third-order valence-electron chi connectivity index (χ3n) is 2.67. The van der Waals surface area contributed by atoms with E-state index in [1.54, 1.807) is 0 Å². The van der Waals surface area contributed by atoms with Crippen LogP contribution in [0.3, 0.4) is 0 Å². The van der Waals surface area contributed by atoms with Gasteiger partial charge in [0.1, 0.15) is 13.2 Å². The molecular formula is C14H10O4S. The fourth-order valence-electron chi connectivity index (χ4n) is 1.82. The first-order valence-corrected chi connectivity index (χ1v) is 6.61. The highest BCUT2D eigenvalue weighted by Crippen LogP contribution is 2.34. The van der Waals surface area contributed by atoms with E-state index in [2.05, 4.69) is 0 Å². The Balaban J connectivity index is 1.88. The van der Waals surface area contributed by atoms with Crippen molar-refractivity contribution in [3.63, 3.8) is 0 Å². The van der Waals surface area contributed by atoms with E-state index in [4.69, 9.17) is 9.47 Å². The van der Waals surface area contributed by atoms with Gasteiger partial charge in [-0.1, -0.05) is 30.0 Å². The first-order valence-electron chi connectivity index (χ1n) is 5.79. The van der Waals surface area contributed by atoms with Crippen LogP contribution in [0.1, 0.15) is 0 Å². The summed E-state index contributed by atoms with van der Waals surface area (Å²) >= 11 is 1.25. The number of rotatable bonds is 2. The number of hydrogen-bond acceptors (Lipinski definition) is 5. The average molecular weight is 274 g/mol. The van der Waals surface area contributed by atoms with Crippen LogP contribution < -0.4 is 0 Å². The minimum atomic E-state index is -0.312. The van der Waals surface area contributed by atoms with Crippen molar-refractivity contribution in [2.24, 2.45) is 0 Å². The second-order valence-electron chi connectivity index (χ2n) is 3.97. The standard InChI is InChI=1S/C14H10O4S/c15-10-8-11(19-9-4-2-1-3-5-9)12(16)14-13(10)17-6-7-18-14/h1-5,8H,6-7H2. The van der Waals surface area contributed by atoms with Gasteiger partial charge < -0.3 is 9.47 Å². The van der Waals surface area contributed by atoms with Gasteiger partial charge in [0.05, 0.1) is 4.91 Å². The second kappa shape index (κ2) is 4.93. The van der Waals surface area contributed by atoms with Gasteiger partial charge in [-0.3, -0.25) is 9.59 Å². The predicted molar refractivity (Wildman–Crippen MR) is 69.3 cm³/mol. The van der Waals surface area contributed by atoms with Crippen LogP contribution in [0.25, 0.3) is 0 Å². The molecule has 0 amide bonds. The Morgan fingerprint density at radius 3 is 2.37 bits per heavy atom. The first-order chi connectivity index (χ1) is 9.25. The molecule has 1 aliphatic carbocycles. The Hall–Kier alpha value is -2.01. The molecule has 4 nitrogen and oxygen atoms in total. The molecule has 1 heterocycles. The molecule has 2 aliphatic rings. The molecule has 3 rings (SSSR count). The number of carbonyl (C=O) groups is 2. The van der Waals surface area contributed by atoms with Gasteiger partial charge in [-0.15, -0.1) is 0 Å². The number of ketones is 2. The van der Waals surface area contributed by atoms with Gasteiger partial charge in [0.15, 0.2) is 0 Å². The van der Waals surface area contributed by atoms with Gasteiger partial charge in [-0.05, 0) is 12.1 Å². The Morgan fingerprint density at radius 2 is 1.63 bits per heavy atom. The molecule has 1 aromatic rings. The Morgan fingerprint density at radius 1 is 0.947 bits per heavy atom. The summed E-state index contributed by atoms with van der Waals surface area (Å²) in [4.78, 5) is 25.3. The van der Waals surface area contributed by atoms with Crippen molar-refractivity contribution in [2.45, 2.75) is 4.90 Å². The molecule has 0 unspecified atom stereocenters. The zero-order valence-corrected chi connectivity index (χ0v) is 10.7. The summed E-state index contributed by atoms with van der Waals surface area (Å²) in [5.74, 6) is -0.526. The third-order valence-corrected chi connectivity index (χ3v) is 3.70. The van der Waals surface area contributed by atoms with Crippen LogP contribution >= 0.6 is 11.8 Å². The summed E-state index contributed by atoms with van der Waals surface area (Å²) in [7, 11) is 0. The van der Waals surface area contributed by atoms with Gasteiger partial charge in [-0.25, -0.2) is 0 Å². The van der Waals surface area contributed by atoms with Gasteiger partial charge in [0.2, 0.25) is 23.1 Å². The smallest absolute Gasteiger partial charge is 0.238 e. The average Bonchev–Trinajstić information content (AvgIpc) is 2.46. The van der Waals surface area contributed by atoms with Crippen LogP contribution in [0, 0.1) is 0 Å². The fraction of sp³-hybridized carbons (Fsp3) is 0.143. The zero-order valence-electron chi connectivity index (χ0n) is 9.92. The van der Waals surface area contributed by atoms with Crippen LogP contribution in [0.5, 0.6) is 0 Å². The van der Waals surface area contributed by atoms with Crippen molar-refractivity contribution >= 4 is 23.3 Å². The van der Waals surface area contributed by atoms with Crippen LogP contribution in [0.15, 0.2) is 57.7 Å². The molecule has 19 heavy (non-hydrogen) atoms. The number of benzene rings is 1. The van der Waals surface area contributed by atoms with Crippen molar-refractivity contribution in [1.82, 2.24) is 0 Å². The van der Waals surface area contributed by atoms with E-state index < -0.39 is 0 Å². The molecule has 0 aromatic heterocycles. The van der Waals surface area contributed by atoms with Gasteiger partial charge in [0, 0.05) is 11.0 Å². The van der Waals surface area contributed by atoms with E-state index in [9.17, 15) is 9.59 Å². The highest BCUT2D eigenvalue weighted by molar-refractivity contribution is 8.04. The van der Waals surface area contributed by atoms with Crippen LogP contribution in [-0.2, 0) is 19.1 Å². The summed E-state index contributed by atoms with van der Waals surface area (Å²) in [5.41, 5.74) is 0. The third kappa shape index (κ3) is 2.29. The number of ether oxygens (including phenoxy) is 2. The van der Waals surface area contributed by atoms with E-state index in [0.29, 0.717) is 18.1 Å². The monoisotopic (exact) mass is 274 g/mol. The molecule has 1 aliphatic heterocycles. The molecule has 0 radical (unpaired) electrons. The molecular weight excluding hydrogens is 264 g/mol. The maximum Gasteiger partial charge on any atom is 0.238 e. The summed E-state index contributed by atoms with van der Waals surface area (Å²) in [5, 5.41) is 0. The minimum absolute atomic E-state index is 0.0358. The molecule has 0 saturated carbocycles. The summed E-state index contributed by atoms with van der Waals surface area (Å²) in [6.07, 6.45) is 1.31. The molecule has 1 aromatic carbocycles. The highest BCUT2D eigenvalue weighted by atomic mass is 32.2. The first kappa shape index (κ1) is 12.0. The number of allylic oxidation sites excluding steroid dienone is 2. The maximum atomic E-state index is 12.2. The number of Topliss-reactive ketones (excluding diaryl/α,β-unsaturated/α-hetero) is 1. The lowest BCUT2D eigenvalue weighted by Gasteiger charge is -2.23. The molecule has 0 spiro atoms. The van der Waals surface area contributed by atoms with Crippen molar-refractivity contribution in [2.75, 3.05) is 13.2 Å². The lowest BCUT2D eigenvalue weighted by Crippen LogP contribution is -2.27. The van der Waals surface area contributed by atoms with Crippen LogP contribution in [0.4, 0.5) is 0 Å². The lowest BCUT2D eigenvalue weighted by atomic mass is 10.1. The largest absolute Gasteiger partial charge is 0.483 e. The topological polar surface area (TPSA) is 52.6 Å². The SMILES string of the molecule is O=C1C=C(Sc2ccccc2)C(=O)C2=C1OCCO2. The van der Waals surface area contributed by atoms with E-state index in [-0.39, 0.29) is 23.1 Å². The molecule has 0 fully saturated rings. The number of thioether (sulfide) groups is 1. The molecule has 5 heteroatoms. The van der Waals surface area contributed by atoms with Gasteiger partial charge in [-0.2, -0.15) is 0 Å². The van der Waals surface area contributed by atoms with Gasteiger partial charge in [0.25, 0.3) is 0 Å². The number of hydrogen-bond donors (Lipinski definition) is 0. The van der Waals surface area contributed by atoms with E-state index in [1.807, 2.05) is 30.3 Å². The summed E-state index contributed by atoms with van der Waals surface area (Å²) in [6, 6.07) is 9.41. The molecule has 96 valence electrons. The Labute approximate surface area is 114 Å². The summed E-state index contributed by atoms with van der Waals surface area (Å²) < 4.78 is 10.5. The van der Waals surface area contributed by atoms with Crippen molar-refractivity contribution in [3.05, 3.63) is 52.8 Å². The molecule has 0 N–H and O–H groups in total. The minimum Gasteiger partial charge on any atom is -0.483 e. The predicted octanol–water partition coefficient (Wildman–Crippen LogP) is 2.07. The normalized spacial score (nSPS) is 18.4. The molecule has 0 atom stereocenters. The quantitative estimate of drug-likeness (QED) is 0.773. The highest BCUT2D eigenvalue weighted by Gasteiger charge is 2.34. The number of carbonyl (C=O) groups excluding carboxylic acids is 2. The van der Waals surface area contributed by atoms with E-state index >= 15 is 0 Å². The summed E-state index contributed by atoms with van der Waals surface area (Å²) in [6.45, 7) is 0.591. The van der Waals surface area contributed by atoms with E-state index in [0.717, 1.165) is 4.90 Å². The van der Waals surface area contributed by atoms with Crippen molar-refractivity contribution in [3.8, 4) is 0 Å². The van der Waals surface area contributed by atoms with Crippen LogP contribution in [0.2, 0.25) is 0 Å². The Bertz CT molecular complexity index is 601. The maximum absolute atomic E-state index is 12.2. The van der Waals surface area contributed by atoms with Crippen molar-refractivity contribution in [1.29, 1.82) is 0 Å². The lowest BCUT2D eigenvalue weighted by molar-refractivity contribution is -0.123. The Kier molecular flexibility index (Phi) is 3.13. The molecule has 0 bridgehead atoms. The molecule has 0 saturated heterocycles. The van der Waals surface area contributed by atoms with Crippen LogP contribution in [-0.4, -0.2) is 24.8 Å². The van der Waals surface area contributed by atoms with E-state index in [1.165, 1.54) is 17.8 Å². The van der Waals surface area contributed by atoms with Crippen molar-refractivity contribution < 1.29 is 19.1 Å². The van der Waals surface area contributed by atoms with Gasteiger partial charge >= 0.3 is 0 Å².